The Kier molecular flexibility index (Phi) is 2.80. The molecule has 1 aromatic rings. The number of carbonyl (C=O) groups is 1. The van der Waals surface area contributed by atoms with Gasteiger partial charge in [-0.1, -0.05) is 6.92 Å². The standard InChI is InChI=1S/C6H8BrN3O2/c1-2-4(5(11)12)10-6(7)8-3-9-10/h3-4H,2H2,1H3,(H,11,12)/t4-/m1/s1. The predicted molar refractivity (Wildman–Crippen MR) is 44.7 cm³/mol. The van der Waals surface area contributed by atoms with Crippen molar-refractivity contribution in [3.63, 3.8) is 0 Å². The van der Waals surface area contributed by atoms with E-state index in [0.717, 1.165) is 0 Å². The Hall–Kier alpha value is -0.910. The molecule has 0 aromatic carbocycles. The minimum atomic E-state index is -0.899. The molecule has 0 aliphatic rings. The van der Waals surface area contributed by atoms with Gasteiger partial charge in [0.1, 0.15) is 6.33 Å². The van der Waals surface area contributed by atoms with Gasteiger partial charge in [0.25, 0.3) is 0 Å². The molecule has 1 aromatic heterocycles. The lowest BCUT2D eigenvalue weighted by molar-refractivity contribution is -0.141. The van der Waals surface area contributed by atoms with E-state index in [1.54, 1.807) is 6.92 Å². The Bertz CT molecular complexity index is 286. The maximum atomic E-state index is 10.7. The summed E-state index contributed by atoms with van der Waals surface area (Å²) in [6, 6.07) is -0.637. The lowest BCUT2D eigenvalue weighted by Crippen LogP contribution is -2.19. The van der Waals surface area contributed by atoms with E-state index in [1.165, 1.54) is 11.0 Å². The van der Waals surface area contributed by atoms with Crippen molar-refractivity contribution in [3.05, 3.63) is 11.1 Å². The van der Waals surface area contributed by atoms with Crippen LogP contribution in [-0.2, 0) is 4.79 Å². The number of carboxylic acids is 1. The van der Waals surface area contributed by atoms with Crippen LogP contribution in [0.15, 0.2) is 11.1 Å². The molecule has 1 heterocycles. The third-order valence-corrected chi connectivity index (χ3v) is 2.06. The second-order valence-electron chi connectivity index (χ2n) is 2.24. The van der Waals surface area contributed by atoms with Crippen LogP contribution in [0.2, 0.25) is 0 Å². The smallest absolute Gasteiger partial charge is 0.328 e. The highest BCUT2D eigenvalue weighted by Gasteiger charge is 2.19. The molecule has 0 fully saturated rings. The maximum Gasteiger partial charge on any atom is 0.328 e. The van der Waals surface area contributed by atoms with Gasteiger partial charge in [0.2, 0.25) is 0 Å². The van der Waals surface area contributed by atoms with Crippen molar-refractivity contribution in [2.45, 2.75) is 19.4 Å². The van der Waals surface area contributed by atoms with Crippen LogP contribution in [0.25, 0.3) is 0 Å². The molecule has 0 aliphatic carbocycles. The van der Waals surface area contributed by atoms with Crippen molar-refractivity contribution in [1.29, 1.82) is 0 Å². The Morgan fingerprint density at radius 1 is 1.92 bits per heavy atom. The lowest BCUT2D eigenvalue weighted by Gasteiger charge is -2.09. The van der Waals surface area contributed by atoms with Gasteiger partial charge >= 0.3 is 5.97 Å². The second kappa shape index (κ2) is 3.66. The zero-order chi connectivity index (χ0) is 9.14. The largest absolute Gasteiger partial charge is 0.480 e. The molecule has 1 atom stereocenters. The van der Waals surface area contributed by atoms with E-state index in [-0.39, 0.29) is 0 Å². The SMILES string of the molecule is CC[C@H](C(=O)O)n1ncnc1Br. The quantitative estimate of drug-likeness (QED) is 0.849. The number of hydrogen-bond acceptors (Lipinski definition) is 3. The van der Waals surface area contributed by atoms with Gasteiger partial charge in [-0.25, -0.2) is 14.5 Å². The first-order valence-corrected chi connectivity index (χ1v) is 4.24. The highest BCUT2D eigenvalue weighted by molar-refractivity contribution is 9.10. The van der Waals surface area contributed by atoms with Crippen LogP contribution in [0, 0.1) is 0 Å². The molecule has 1 N–H and O–H groups in total. The van der Waals surface area contributed by atoms with E-state index in [2.05, 4.69) is 26.0 Å². The molecule has 0 saturated carbocycles. The summed E-state index contributed by atoms with van der Waals surface area (Å²) in [5, 5.41) is 12.5. The minimum absolute atomic E-state index is 0.441. The molecular weight excluding hydrogens is 226 g/mol. The zero-order valence-corrected chi connectivity index (χ0v) is 8.02. The van der Waals surface area contributed by atoms with Crippen molar-refractivity contribution in [3.8, 4) is 0 Å². The maximum absolute atomic E-state index is 10.7. The molecule has 0 amide bonds. The van der Waals surface area contributed by atoms with Crippen LogP contribution >= 0.6 is 15.9 Å². The summed E-state index contributed by atoms with van der Waals surface area (Å²) < 4.78 is 1.78. The van der Waals surface area contributed by atoms with E-state index >= 15 is 0 Å². The fourth-order valence-electron chi connectivity index (χ4n) is 0.897. The van der Waals surface area contributed by atoms with Gasteiger partial charge in [0.15, 0.2) is 10.8 Å². The van der Waals surface area contributed by atoms with Gasteiger partial charge in [-0.2, -0.15) is 5.10 Å². The van der Waals surface area contributed by atoms with Crippen LogP contribution in [0.5, 0.6) is 0 Å². The highest BCUT2D eigenvalue weighted by atomic mass is 79.9. The summed E-state index contributed by atoms with van der Waals surface area (Å²) in [6.45, 7) is 1.78. The van der Waals surface area contributed by atoms with Crippen molar-refractivity contribution in [2.75, 3.05) is 0 Å². The molecule has 0 spiro atoms. The average molecular weight is 234 g/mol. The lowest BCUT2D eigenvalue weighted by atomic mass is 10.2. The normalized spacial score (nSPS) is 12.8. The number of rotatable bonds is 3. The molecule has 0 bridgehead atoms. The number of nitrogens with zero attached hydrogens (tertiary/aromatic N) is 3. The van der Waals surface area contributed by atoms with E-state index < -0.39 is 12.0 Å². The molecule has 0 aliphatic heterocycles. The van der Waals surface area contributed by atoms with Crippen LogP contribution < -0.4 is 0 Å². The summed E-state index contributed by atoms with van der Waals surface area (Å²) in [5.74, 6) is -0.899. The molecule has 0 saturated heterocycles. The van der Waals surface area contributed by atoms with Crippen LogP contribution in [0.4, 0.5) is 0 Å². The zero-order valence-electron chi connectivity index (χ0n) is 6.44. The molecule has 0 unspecified atom stereocenters. The molecular formula is C6H8BrN3O2. The number of aromatic nitrogens is 3. The minimum Gasteiger partial charge on any atom is -0.480 e. The predicted octanol–water partition coefficient (Wildman–Crippen LogP) is 1.08. The summed E-state index contributed by atoms with van der Waals surface area (Å²) in [7, 11) is 0. The number of hydrogen-bond donors (Lipinski definition) is 1. The number of carboxylic acid groups (broad SMARTS) is 1. The van der Waals surface area contributed by atoms with E-state index in [0.29, 0.717) is 11.2 Å². The third kappa shape index (κ3) is 1.63. The Morgan fingerprint density at radius 2 is 2.58 bits per heavy atom. The Morgan fingerprint density at radius 3 is 2.92 bits per heavy atom. The average Bonchev–Trinajstić information content (AvgIpc) is 2.38. The highest BCUT2D eigenvalue weighted by Crippen LogP contribution is 2.15. The monoisotopic (exact) mass is 233 g/mol. The summed E-state index contributed by atoms with van der Waals surface area (Å²) >= 11 is 3.10. The molecule has 6 heteroatoms. The summed E-state index contributed by atoms with van der Waals surface area (Å²) in [6.07, 6.45) is 1.80. The van der Waals surface area contributed by atoms with Crippen LogP contribution in [0.3, 0.4) is 0 Å². The molecule has 5 nitrogen and oxygen atoms in total. The van der Waals surface area contributed by atoms with Crippen molar-refractivity contribution in [2.24, 2.45) is 0 Å². The van der Waals surface area contributed by atoms with Crippen molar-refractivity contribution >= 4 is 21.9 Å². The third-order valence-electron chi connectivity index (χ3n) is 1.50. The van der Waals surface area contributed by atoms with Gasteiger partial charge < -0.3 is 5.11 Å². The fraction of sp³-hybridized carbons (Fsp3) is 0.500. The number of halogens is 1. The van der Waals surface area contributed by atoms with E-state index in [4.69, 9.17) is 5.11 Å². The number of aliphatic carboxylic acids is 1. The van der Waals surface area contributed by atoms with Gasteiger partial charge in [-0.15, -0.1) is 0 Å². The van der Waals surface area contributed by atoms with Gasteiger partial charge in [0.05, 0.1) is 0 Å². The Labute approximate surface area is 77.5 Å². The van der Waals surface area contributed by atoms with Gasteiger partial charge in [-0.3, -0.25) is 0 Å². The summed E-state index contributed by atoms with van der Waals surface area (Å²) in [4.78, 5) is 14.4. The van der Waals surface area contributed by atoms with Gasteiger partial charge in [-0.05, 0) is 22.4 Å². The van der Waals surface area contributed by atoms with E-state index in [1.807, 2.05) is 0 Å². The van der Waals surface area contributed by atoms with E-state index in [9.17, 15) is 4.79 Å². The van der Waals surface area contributed by atoms with Crippen molar-refractivity contribution in [1.82, 2.24) is 14.8 Å². The second-order valence-corrected chi connectivity index (χ2v) is 2.95. The van der Waals surface area contributed by atoms with Crippen molar-refractivity contribution < 1.29 is 9.90 Å². The molecule has 66 valence electrons. The molecule has 12 heavy (non-hydrogen) atoms. The molecule has 0 radical (unpaired) electrons. The Balaban J connectivity index is 2.94. The first-order chi connectivity index (χ1) is 5.66. The molecule has 1 rings (SSSR count). The van der Waals surface area contributed by atoms with Crippen LogP contribution in [0.1, 0.15) is 19.4 Å². The fourth-order valence-corrected chi connectivity index (χ4v) is 1.33. The first-order valence-electron chi connectivity index (χ1n) is 3.44. The summed E-state index contributed by atoms with van der Waals surface area (Å²) in [5.41, 5.74) is 0. The topological polar surface area (TPSA) is 68.0 Å². The van der Waals surface area contributed by atoms with Crippen LogP contribution in [-0.4, -0.2) is 25.8 Å². The first kappa shape index (κ1) is 9.18. The van der Waals surface area contributed by atoms with Gasteiger partial charge in [0, 0.05) is 0 Å².